The summed E-state index contributed by atoms with van der Waals surface area (Å²) in [6.07, 6.45) is 0.261. The zero-order valence-electron chi connectivity index (χ0n) is 17.1. The Morgan fingerprint density at radius 2 is 1.93 bits per heavy atom. The number of likely N-dealkylation sites (tertiary alicyclic amines) is 1. The minimum atomic E-state index is -0.536. The molecule has 0 spiro atoms. The topological polar surface area (TPSA) is 72.5 Å². The van der Waals surface area contributed by atoms with Crippen molar-refractivity contribution in [3.8, 4) is 0 Å². The molecule has 6 nitrogen and oxygen atoms in total. The lowest BCUT2D eigenvalue weighted by Gasteiger charge is -2.37. The van der Waals surface area contributed by atoms with Gasteiger partial charge in [-0.05, 0) is 41.0 Å². The highest BCUT2D eigenvalue weighted by Crippen LogP contribution is 2.21. The van der Waals surface area contributed by atoms with Crippen LogP contribution in [0.3, 0.4) is 0 Å². The first-order valence-electron chi connectivity index (χ1n) is 9.75. The van der Waals surface area contributed by atoms with Gasteiger partial charge >= 0.3 is 12.1 Å². The van der Waals surface area contributed by atoms with Crippen LogP contribution in [0.15, 0.2) is 30.3 Å². The maximum Gasteiger partial charge on any atom is 0.410 e. The molecule has 0 unspecified atom stereocenters. The maximum absolute atomic E-state index is 12.5. The number of carbonyl (C=O) groups excluding carboxylic acids is 2. The number of amides is 1. The molecule has 1 aromatic rings. The molecule has 27 heavy (non-hydrogen) atoms. The van der Waals surface area contributed by atoms with Gasteiger partial charge in [-0.3, -0.25) is 4.79 Å². The Morgan fingerprint density at radius 1 is 1.26 bits per heavy atom. The van der Waals surface area contributed by atoms with E-state index in [9.17, 15) is 9.59 Å². The lowest BCUT2D eigenvalue weighted by molar-refractivity contribution is -0.730. The fourth-order valence-electron chi connectivity index (χ4n) is 3.45. The summed E-state index contributed by atoms with van der Waals surface area (Å²) >= 11 is 0. The first-order valence-corrected chi connectivity index (χ1v) is 9.75. The Labute approximate surface area is 162 Å². The number of hydrogen-bond acceptors (Lipinski definition) is 4. The molecule has 0 radical (unpaired) electrons. The number of nitrogens with zero attached hydrogens (tertiary/aromatic N) is 1. The van der Waals surface area contributed by atoms with Gasteiger partial charge in [-0.15, -0.1) is 0 Å². The number of esters is 1. The summed E-state index contributed by atoms with van der Waals surface area (Å²) in [5, 5.41) is 2.17. The molecule has 0 bridgehead atoms. The van der Waals surface area contributed by atoms with Gasteiger partial charge in [-0.1, -0.05) is 30.3 Å². The van der Waals surface area contributed by atoms with Crippen molar-refractivity contribution in [1.29, 1.82) is 0 Å². The van der Waals surface area contributed by atoms with Crippen LogP contribution in [0.2, 0.25) is 0 Å². The molecule has 1 fully saturated rings. The summed E-state index contributed by atoms with van der Waals surface area (Å²) in [7, 11) is 0. The lowest BCUT2D eigenvalue weighted by Crippen LogP contribution is -2.94. The summed E-state index contributed by atoms with van der Waals surface area (Å²) in [5.41, 5.74) is 0.653. The van der Waals surface area contributed by atoms with E-state index < -0.39 is 5.60 Å². The first kappa shape index (κ1) is 21.2. The molecule has 0 saturated carbocycles. The fourth-order valence-corrected chi connectivity index (χ4v) is 3.45. The molecule has 0 aromatic heterocycles. The van der Waals surface area contributed by atoms with E-state index in [1.54, 1.807) is 4.90 Å². The second-order valence-electron chi connectivity index (χ2n) is 8.13. The highest BCUT2D eigenvalue weighted by molar-refractivity contribution is 5.74. The van der Waals surface area contributed by atoms with Crippen LogP contribution in [0.1, 0.15) is 52.6 Å². The van der Waals surface area contributed by atoms with Gasteiger partial charge in [0.2, 0.25) is 0 Å². The van der Waals surface area contributed by atoms with Crippen LogP contribution in [0.4, 0.5) is 4.79 Å². The van der Waals surface area contributed by atoms with Crippen molar-refractivity contribution >= 4 is 12.1 Å². The lowest BCUT2D eigenvalue weighted by atomic mass is 9.90. The molecule has 1 aliphatic rings. The normalized spacial score (nSPS) is 21.4. The van der Waals surface area contributed by atoms with Gasteiger partial charge in [0, 0.05) is 12.1 Å². The van der Waals surface area contributed by atoms with Crippen molar-refractivity contribution < 1.29 is 24.4 Å². The summed E-state index contributed by atoms with van der Waals surface area (Å²) in [4.78, 5) is 26.7. The SMILES string of the molecule is CCOC(=O)[C@@H]1CCN(C(=O)OC(C)(C)C)C[C@@H]1[NH2+][C@@H](C)c1ccccc1. The number of carbonyl (C=O) groups is 2. The van der Waals surface area contributed by atoms with Crippen molar-refractivity contribution in [3.63, 3.8) is 0 Å². The van der Waals surface area contributed by atoms with Crippen LogP contribution in [0.25, 0.3) is 0 Å². The van der Waals surface area contributed by atoms with Gasteiger partial charge in [0.1, 0.15) is 23.6 Å². The second kappa shape index (κ2) is 9.22. The van der Waals surface area contributed by atoms with Crippen molar-refractivity contribution in [2.24, 2.45) is 5.92 Å². The monoisotopic (exact) mass is 377 g/mol. The van der Waals surface area contributed by atoms with E-state index in [4.69, 9.17) is 9.47 Å². The van der Waals surface area contributed by atoms with Crippen LogP contribution < -0.4 is 5.32 Å². The smallest absolute Gasteiger partial charge is 0.410 e. The Kier molecular flexibility index (Phi) is 7.25. The van der Waals surface area contributed by atoms with Crippen LogP contribution in [0, 0.1) is 5.92 Å². The highest BCUT2D eigenvalue weighted by atomic mass is 16.6. The molecule has 2 rings (SSSR count). The third kappa shape index (κ3) is 6.24. The van der Waals surface area contributed by atoms with E-state index in [0.717, 1.165) is 0 Å². The Morgan fingerprint density at radius 3 is 2.52 bits per heavy atom. The molecule has 2 N–H and O–H groups in total. The Hall–Kier alpha value is -2.08. The number of rotatable bonds is 5. The molecule has 1 saturated heterocycles. The van der Waals surface area contributed by atoms with Crippen molar-refractivity contribution in [1.82, 2.24) is 4.90 Å². The van der Waals surface area contributed by atoms with Crippen LogP contribution in [0.5, 0.6) is 0 Å². The Balaban J connectivity index is 2.12. The largest absolute Gasteiger partial charge is 0.466 e. The molecule has 1 amide bonds. The van der Waals surface area contributed by atoms with Gasteiger partial charge < -0.3 is 19.7 Å². The number of benzene rings is 1. The van der Waals surface area contributed by atoms with Crippen molar-refractivity contribution in [2.75, 3.05) is 19.7 Å². The van der Waals surface area contributed by atoms with E-state index in [1.807, 2.05) is 45.9 Å². The molecule has 3 atom stereocenters. The van der Waals surface area contributed by atoms with Gasteiger partial charge in [0.15, 0.2) is 0 Å². The third-order valence-corrected chi connectivity index (χ3v) is 4.76. The van der Waals surface area contributed by atoms with Crippen LogP contribution in [-0.2, 0) is 14.3 Å². The van der Waals surface area contributed by atoms with Gasteiger partial charge in [-0.25, -0.2) is 4.79 Å². The molecule has 1 heterocycles. The van der Waals surface area contributed by atoms with Crippen molar-refractivity contribution in [3.05, 3.63) is 35.9 Å². The van der Waals surface area contributed by atoms with E-state index in [0.29, 0.717) is 26.1 Å². The predicted molar refractivity (Wildman–Crippen MR) is 103 cm³/mol. The molecule has 150 valence electrons. The maximum atomic E-state index is 12.5. The zero-order chi connectivity index (χ0) is 20.0. The van der Waals surface area contributed by atoms with Crippen LogP contribution >= 0.6 is 0 Å². The molecule has 1 aliphatic heterocycles. The summed E-state index contributed by atoms with van der Waals surface area (Å²) in [6.45, 7) is 10.8. The third-order valence-electron chi connectivity index (χ3n) is 4.76. The Bertz CT molecular complexity index is 627. The van der Waals surface area contributed by atoms with Crippen LogP contribution in [-0.4, -0.2) is 48.3 Å². The number of piperidine rings is 1. The first-order chi connectivity index (χ1) is 12.7. The molecule has 6 heteroatoms. The average Bonchev–Trinajstić information content (AvgIpc) is 2.61. The quantitative estimate of drug-likeness (QED) is 0.800. The van der Waals surface area contributed by atoms with E-state index in [1.165, 1.54) is 5.56 Å². The minimum absolute atomic E-state index is 0.0690. The van der Waals surface area contributed by atoms with Crippen molar-refractivity contribution in [2.45, 2.75) is 58.7 Å². The summed E-state index contributed by atoms with van der Waals surface area (Å²) < 4.78 is 10.8. The molecule has 0 aliphatic carbocycles. The zero-order valence-corrected chi connectivity index (χ0v) is 17.1. The number of nitrogens with two attached hydrogens (primary N) is 1. The predicted octanol–water partition coefficient (Wildman–Crippen LogP) is 2.50. The fraction of sp³-hybridized carbons (Fsp3) is 0.619. The van der Waals surface area contributed by atoms with Gasteiger partial charge in [-0.2, -0.15) is 0 Å². The number of hydrogen-bond donors (Lipinski definition) is 1. The van der Waals surface area contributed by atoms with E-state index in [2.05, 4.69) is 24.4 Å². The van der Waals surface area contributed by atoms with E-state index >= 15 is 0 Å². The minimum Gasteiger partial charge on any atom is -0.466 e. The highest BCUT2D eigenvalue weighted by Gasteiger charge is 2.41. The standard InChI is InChI=1S/C21H32N2O4/c1-6-26-19(24)17-12-13-23(20(25)27-21(3,4)5)14-18(17)22-15(2)16-10-8-7-9-11-16/h7-11,15,17-18,22H,6,12-14H2,1-5H3/p+1/t15-,17+,18-/m0/s1. The van der Waals surface area contributed by atoms with Gasteiger partial charge in [0.05, 0.1) is 13.2 Å². The summed E-state index contributed by atoms with van der Waals surface area (Å²) in [6, 6.07) is 10.3. The van der Waals surface area contributed by atoms with Gasteiger partial charge in [0.25, 0.3) is 0 Å². The molecular formula is C21H33N2O4+. The average molecular weight is 378 g/mol. The number of ether oxygens (including phenoxy) is 2. The second-order valence-corrected chi connectivity index (χ2v) is 8.13. The molecule has 1 aromatic carbocycles. The number of quaternary nitrogens is 1. The van der Waals surface area contributed by atoms with E-state index in [-0.39, 0.29) is 30.1 Å². The molecular weight excluding hydrogens is 344 g/mol. The summed E-state index contributed by atoms with van der Waals surface area (Å²) in [5.74, 6) is -0.405.